The van der Waals surface area contributed by atoms with E-state index in [2.05, 4.69) is 10.6 Å². The number of benzene rings is 1. The lowest BCUT2D eigenvalue weighted by atomic mass is 9.98. The summed E-state index contributed by atoms with van der Waals surface area (Å²) in [6.45, 7) is 0. The molecule has 1 unspecified atom stereocenters. The molecule has 2 heterocycles. The van der Waals surface area contributed by atoms with Gasteiger partial charge in [0.2, 0.25) is 0 Å². The first-order chi connectivity index (χ1) is 9.45. The number of rotatable bonds is 1. The molecule has 0 saturated heterocycles. The number of fused-ring (bicyclic) bond motifs is 1. The van der Waals surface area contributed by atoms with Crippen molar-refractivity contribution < 1.29 is 22.4 Å². The summed E-state index contributed by atoms with van der Waals surface area (Å²) in [4.78, 5) is 11.5. The fourth-order valence-corrected chi connectivity index (χ4v) is 2.14. The van der Waals surface area contributed by atoms with E-state index in [0.29, 0.717) is 11.3 Å². The summed E-state index contributed by atoms with van der Waals surface area (Å²) >= 11 is 0. The number of carbonyl (C=O) groups is 1. The van der Waals surface area contributed by atoms with Crippen molar-refractivity contribution in [2.75, 3.05) is 5.32 Å². The number of anilines is 1. The monoisotopic (exact) mass is 282 g/mol. The van der Waals surface area contributed by atoms with Crippen molar-refractivity contribution >= 4 is 11.7 Å². The number of alkyl halides is 3. The molecule has 1 aromatic heterocycles. The first-order valence-corrected chi connectivity index (χ1v) is 5.77. The van der Waals surface area contributed by atoms with E-state index >= 15 is 0 Å². The van der Waals surface area contributed by atoms with Crippen LogP contribution in [0.15, 0.2) is 41.0 Å². The summed E-state index contributed by atoms with van der Waals surface area (Å²) < 4.78 is 43.2. The number of urea groups is 1. The van der Waals surface area contributed by atoms with Gasteiger partial charge < -0.3 is 15.1 Å². The van der Waals surface area contributed by atoms with E-state index in [1.54, 1.807) is 12.1 Å². The van der Waals surface area contributed by atoms with Gasteiger partial charge in [0.25, 0.3) is 0 Å². The Bertz CT molecular complexity index is 650. The maximum atomic E-state index is 12.7. The van der Waals surface area contributed by atoms with Crippen molar-refractivity contribution in [2.24, 2.45) is 0 Å². The Hall–Kier alpha value is -2.44. The zero-order valence-corrected chi connectivity index (χ0v) is 9.99. The summed E-state index contributed by atoms with van der Waals surface area (Å²) in [5, 5.41) is 4.98. The van der Waals surface area contributed by atoms with Crippen LogP contribution in [0, 0.1) is 0 Å². The third-order valence-electron chi connectivity index (χ3n) is 3.04. The van der Waals surface area contributed by atoms with Crippen LogP contribution in [0.5, 0.6) is 0 Å². The number of nitrogens with one attached hydrogen (secondary N) is 2. The van der Waals surface area contributed by atoms with Crippen molar-refractivity contribution in [2.45, 2.75) is 12.2 Å². The highest BCUT2D eigenvalue weighted by molar-refractivity contribution is 5.93. The Balaban J connectivity index is 2.08. The van der Waals surface area contributed by atoms with Gasteiger partial charge in [0.05, 0.1) is 11.8 Å². The van der Waals surface area contributed by atoms with E-state index in [0.717, 1.165) is 12.1 Å². The lowest BCUT2D eigenvalue weighted by molar-refractivity contribution is -0.137. The zero-order valence-electron chi connectivity index (χ0n) is 9.99. The van der Waals surface area contributed by atoms with Crippen LogP contribution in [0.25, 0.3) is 0 Å². The Labute approximate surface area is 111 Å². The predicted molar refractivity (Wildman–Crippen MR) is 64.1 cm³/mol. The molecule has 0 spiro atoms. The predicted octanol–water partition coefficient (Wildman–Crippen LogP) is 3.52. The number of hydrogen-bond donors (Lipinski definition) is 2. The average Bonchev–Trinajstić information content (AvgIpc) is 2.89. The summed E-state index contributed by atoms with van der Waals surface area (Å²) in [5.74, 6) is 0.459. The molecule has 3 rings (SSSR count). The summed E-state index contributed by atoms with van der Waals surface area (Å²) in [7, 11) is 0. The molecule has 1 aliphatic rings. The van der Waals surface area contributed by atoms with Crippen LogP contribution in [-0.4, -0.2) is 6.03 Å². The van der Waals surface area contributed by atoms with Crippen molar-refractivity contribution in [1.29, 1.82) is 0 Å². The summed E-state index contributed by atoms with van der Waals surface area (Å²) in [5.41, 5.74) is -0.158. The van der Waals surface area contributed by atoms with Crippen molar-refractivity contribution in [3.8, 4) is 0 Å². The van der Waals surface area contributed by atoms with Crippen LogP contribution in [0.1, 0.15) is 22.9 Å². The van der Waals surface area contributed by atoms with E-state index in [1.807, 2.05) is 0 Å². The molecule has 0 fully saturated rings. The first-order valence-electron chi connectivity index (χ1n) is 5.77. The molecule has 2 N–H and O–H groups in total. The molecule has 1 aromatic carbocycles. The lowest BCUT2D eigenvalue weighted by Crippen LogP contribution is -2.38. The number of carbonyl (C=O) groups excluding carboxylic acids is 1. The van der Waals surface area contributed by atoms with E-state index in [9.17, 15) is 18.0 Å². The van der Waals surface area contributed by atoms with Gasteiger partial charge in [-0.15, -0.1) is 0 Å². The van der Waals surface area contributed by atoms with Gasteiger partial charge in [0.1, 0.15) is 11.8 Å². The Morgan fingerprint density at radius 1 is 1.20 bits per heavy atom. The molecule has 0 bridgehead atoms. The molecular weight excluding hydrogens is 273 g/mol. The van der Waals surface area contributed by atoms with E-state index < -0.39 is 23.8 Å². The van der Waals surface area contributed by atoms with Gasteiger partial charge in [-0.3, -0.25) is 0 Å². The van der Waals surface area contributed by atoms with Crippen LogP contribution in [-0.2, 0) is 6.18 Å². The van der Waals surface area contributed by atoms with Crippen LogP contribution in [0.2, 0.25) is 0 Å². The van der Waals surface area contributed by atoms with E-state index in [1.165, 1.54) is 12.3 Å². The largest absolute Gasteiger partial charge is 0.467 e. The Kier molecular flexibility index (Phi) is 2.70. The normalized spacial score (nSPS) is 18.1. The van der Waals surface area contributed by atoms with Gasteiger partial charge in [-0.1, -0.05) is 6.07 Å². The molecule has 0 aliphatic carbocycles. The van der Waals surface area contributed by atoms with Crippen molar-refractivity contribution in [3.63, 3.8) is 0 Å². The van der Waals surface area contributed by atoms with E-state index in [-0.39, 0.29) is 5.69 Å². The molecule has 104 valence electrons. The molecule has 1 aliphatic heterocycles. The maximum absolute atomic E-state index is 12.7. The highest BCUT2D eigenvalue weighted by Crippen LogP contribution is 2.37. The third kappa shape index (κ3) is 2.11. The molecule has 2 amide bonds. The molecule has 0 radical (unpaired) electrons. The fourth-order valence-electron chi connectivity index (χ4n) is 2.14. The van der Waals surface area contributed by atoms with Gasteiger partial charge in [-0.25, -0.2) is 4.79 Å². The van der Waals surface area contributed by atoms with E-state index in [4.69, 9.17) is 4.42 Å². The molecule has 4 nitrogen and oxygen atoms in total. The molecule has 20 heavy (non-hydrogen) atoms. The molecule has 0 saturated carbocycles. The minimum Gasteiger partial charge on any atom is -0.467 e. The Morgan fingerprint density at radius 2 is 2.00 bits per heavy atom. The number of furan rings is 1. The summed E-state index contributed by atoms with van der Waals surface area (Å²) in [6.07, 6.45) is -3.02. The smallest absolute Gasteiger partial charge is 0.416 e. The van der Waals surface area contributed by atoms with Crippen LogP contribution in [0.4, 0.5) is 23.7 Å². The topological polar surface area (TPSA) is 54.3 Å². The van der Waals surface area contributed by atoms with Crippen LogP contribution >= 0.6 is 0 Å². The zero-order chi connectivity index (χ0) is 14.3. The van der Waals surface area contributed by atoms with Gasteiger partial charge in [-0.05, 0) is 24.3 Å². The second-order valence-electron chi connectivity index (χ2n) is 4.35. The molecular formula is C13H9F3N2O2. The first kappa shape index (κ1) is 12.6. The Morgan fingerprint density at radius 3 is 2.65 bits per heavy atom. The molecule has 2 aromatic rings. The standard InChI is InChI=1S/C13H9F3N2O2/c14-13(15,16)7-3-4-8-9(6-7)17-12(19)18-11(8)10-2-1-5-20-10/h1-6,11H,(H2,17,18,19). The van der Waals surface area contributed by atoms with Gasteiger partial charge in [-0.2, -0.15) is 13.2 Å². The van der Waals surface area contributed by atoms with Gasteiger partial charge in [0, 0.05) is 11.3 Å². The van der Waals surface area contributed by atoms with Crippen molar-refractivity contribution in [1.82, 2.24) is 5.32 Å². The van der Waals surface area contributed by atoms with Crippen LogP contribution < -0.4 is 10.6 Å². The van der Waals surface area contributed by atoms with Crippen LogP contribution in [0.3, 0.4) is 0 Å². The number of amides is 2. The number of halogens is 3. The highest BCUT2D eigenvalue weighted by Gasteiger charge is 2.34. The minimum atomic E-state index is -4.45. The van der Waals surface area contributed by atoms with Gasteiger partial charge >= 0.3 is 12.2 Å². The quantitative estimate of drug-likeness (QED) is 0.840. The fraction of sp³-hybridized carbons (Fsp3) is 0.154. The number of hydrogen-bond acceptors (Lipinski definition) is 2. The van der Waals surface area contributed by atoms with Gasteiger partial charge in [0.15, 0.2) is 0 Å². The van der Waals surface area contributed by atoms with Crippen molar-refractivity contribution in [3.05, 3.63) is 53.5 Å². The second-order valence-corrected chi connectivity index (χ2v) is 4.35. The SMILES string of the molecule is O=C1Nc2cc(C(F)(F)F)ccc2C(c2ccco2)N1. The highest BCUT2D eigenvalue weighted by atomic mass is 19.4. The minimum absolute atomic E-state index is 0.130. The average molecular weight is 282 g/mol. The third-order valence-corrected chi connectivity index (χ3v) is 3.04. The second kappa shape index (κ2) is 4.29. The lowest BCUT2D eigenvalue weighted by Gasteiger charge is -2.26. The molecule has 7 heteroatoms. The molecule has 1 atom stereocenters. The maximum Gasteiger partial charge on any atom is 0.416 e. The summed E-state index contributed by atoms with van der Waals surface area (Å²) in [6, 6.07) is 5.36.